The average Bonchev–Trinajstić information content (AvgIpc) is 2.80. The number of hydrogen-bond acceptors (Lipinski definition) is 5. The molecule has 1 aromatic heterocycles. The number of halogens is 2. The molecule has 0 aliphatic heterocycles. The van der Waals surface area contributed by atoms with Gasteiger partial charge >= 0.3 is 5.95 Å². The topological polar surface area (TPSA) is 90.9 Å². The molecular formula is C10H6F2N4O3. The van der Waals surface area contributed by atoms with E-state index < -0.39 is 40.4 Å². The first-order chi connectivity index (χ1) is 8.97. The van der Waals surface area contributed by atoms with Gasteiger partial charge in [-0.1, -0.05) is 4.98 Å². The lowest BCUT2D eigenvalue weighted by Crippen LogP contribution is -2.13. The van der Waals surface area contributed by atoms with Crippen molar-refractivity contribution in [2.75, 3.05) is 0 Å². The minimum absolute atomic E-state index is 0.446. The van der Waals surface area contributed by atoms with Crippen molar-refractivity contribution in [3.8, 4) is 0 Å². The van der Waals surface area contributed by atoms with Gasteiger partial charge in [0.15, 0.2) is 5.78 Å². The molecule has 0 radical (unpaired) electrons. The Morgan fingerprint density at radius 1 is 1.42 bits per heavy atom. The van der Waals surface area contributed by atoms with E-state index in [1.807, 2.05) is 0 Å². The first-order valence-electron chi connectivity index (χ1n) is 4.99. The second-order valence-corrected chi connectivity index (χ2v) is 3.55. The molecule has 7 nitrogen and oxygen atoms in total. The van der Waals surface area contributed by atoms with Crippen LogP contribution in [-0.4, -0.2) is 25.5 Å². The maximum Gasteiger partial charge on any atom is 0.490 e. The Bertz CT molecular complexity index is 656. The third-order valence-corrected chi connectivity index (χ3v) is 2.22. The summed E-state index contributed by atoms with van der Waals surface area (Å²) in [6.07, 6.45) is 0.966. The monoisotopic (exact) mass is 268 g/mol. The molecule has 0 bridgehead atoms. The number of aromatic nitrogens is 3. The standard InChI is InChI=1S/C10H6F2N4O3/c11-6-1-2-8(12)7(3-6)9(17)4-15-5-13-10(14-15)16(18)19/h1-3,5H,4H2. The minimum Gasteiger partial charge on any atom is -0.390 e. The van der Waals surface area contributed by atoms with E-state index >= 15 is 0 Å². The molecule has 0 saturated carbocycles. The van der Waals surface area contributed by atoms with Gasteiger partial charge in [0.2, 0.25) is 6.33 Å². The molecule has 0 atom stereocenters. The molecule has 2 aromatic rings. The molecule has 0 fully saturated rings. The molecule has 19 heavy (non-hydrogen) atoms. The van der Waals surface area contributed by atoms with Crippen molar-refractivity contribution < 1.29 is 18.5 Å². The van der Waals surface area contributed by atoms with E-state index in [0.717, 1.165) is 29.2 Å². The summed E-state index contributed by atoms with van der Waals surface area (Å²) in [6.45, 7) is -0.471. The van der Waals surface area contributed by atoms with Crippen molar-refractivity contribution in [2.45, 2.75) is 6.54 Å². The van der Waals surface area contributed by atoms with E-state index in [2.05, 4.69) is 10.1 Å². The molecule has 9 heteroatoms. The summed E-state index contributed by atoms with van der Waals surface area (Å²) in [7, 11) is 0. The van der Waals surface area contributed by atoms with Crippen molar-refractivity contribution in [1.82, 2.24) is 14.8 Å². The van der Waals surface area contributed by atoms with Gasteiger partial charge in [0.1, 0.15) is 18.2 Å². The zero-order valence-corrected chi connectivity index (χ0v) is 9.29. The SMILES string of the molecule is O=C(Cn1cnc([N+](=O)[O-])n1)c1cc(F)ccc1F. The maximum atomic E-state index is 13.3. The quantitative estimate of drug-likeness (QED) is 0.474. The summed E-state index contributed by atoms with van der Waals surface area (Å²) in [5.74, 6) is -3.07. The summed E-state index contributed by atoms with van der Waals surface area (Å²) in [6, 6.07) is 2.46. The fourth-order valence-corrected chi connectivity index (χ4v) is 1.39. The normalized spacial score (nSPS) is 10.4. The molecule has 0 saturated heterocycles. The molecule has 0 unspecified atom stereocenters. The van der Waals surface area contributed by atoms with Crippen LogP contribution in [0, 0.1) is 21.7 Å². The Kier molecular flexibility index (Phi) is 3.27. The van der Waals surface area contributed by atoms with Crippen molar-refractivity contribution >= 4 is 11.7 Å². The molecule has 0 aliphatic rings. The summed E-state index contributed by atoms with van der Waals surface area (Å²) in [5, 5.41) is 13.7. The number of carbonyl (C=O) groups is 1. The van der Waals surface area contributed by atoms with Crippen LogP contribution in [0.25, 0.3) is 0 Å². The van der Waals surface area contributed by atoms with Gasteiger partial charge < -0.3 is 10.1 Å². The van der Waals surface area contributed by atoms with Gasteiger partial charge in [-0.15, -0.1) is 0 Å². The smallest absolute Gasteiger partial charge is 0.390 e. The summed E-state index contributed by atoms with van der Waals surface area (Å²) < 4.78 is 27.1. The molecule has 98 valence electrons. The van der Waals surface area contributed by atoms with E-state index in [9.17, 15) is 23.7 Å². The van der Waals surface area contributed by atoms with Crippen LogP contribution in [0.2, 0.25) is 0 Å². The van der Waals surface area contributed by atoms with Crippen molar-refractivity contribution in [2.24, 2.45) is 0 Å². The van der Waals surface area contributed by atoms with Gasteiger partial charge in [-0.25, -0.2) is 8.78 Å². The zero-order chi connectivity index (χ0) is 14.0. The fraction of sp³-hybridized carbons (Fsp3) is 0.100. The van der Waals surface area contributed by atoms with Gasteiger partial charge in [-0.05, 0) is 23.1 Å². The molecule has 1 heterocycles. The van der Waals surface area contributed by atoms with Crippen LogP contribution in [0.3, 0.4) is 0 Å². The summed E-state index contributed by atoms with van der Waals surface area (Å²) in [5.41, 5.74) is -0.446. The highest BCUT2D eigenvalue weighted by molar-refractivity contribution is 5.96. The van der Waals surface area contributed by atoms with Gasteiger partial charge in [-0.2, -0.15) is 4.68 Å². The number of benzene rings is 1. The molecule has 1 aromatic carbocycles. The average molecular weight is 268 g/mol. The van der Waals surface area contributed by atoms with Crippen LogP contribution in [0.4, 0.5) is 14.7 Å². The third-order valence-electron chi connectivity index (χ3n) is 2.22. The van der Waals surface area contributed by atoms with Crippen LogP contribution in [0.15, 0.2) is 24.5 Å². The number of Topliss-reactive ketones (excluding diaryl/α,β-unsaturated/α-hetero) is 1. The van der Waals surface area contributed by atoms with Crippen molar-refractivity contribution in [3.05, 3.63) is 51.8 Å². The second-order valence-electron chi connectivity index (χ2n) is 3.55. The van der Waals surface area contributed by atoms with E-state index in [0.29, 0.717) is 0 Å². The third kappa shape index (κ3) is 2.76. The van der Waals surface area contributed by atoms with Gasteiger partial charge in [-0.3, -0.25) is 4.79 Å². The Balaban J connectivity index is 2.20. The van der Waals surface area contributed by atoms with Gasteiger partial charge in [0.05, 0.1) is 5.56 Å². The lowest BCUT2D eigenvalue weighted by molar-refractivity contribution is -0.394. The highest BCUT2D eigenvalue weighted by Gasteiger charge is 2.18. The molecule has 0 amide bonds. The molecular weight excluding hydrogens is 262 g/mol. The first-order valence-corrected chi connectivity index (χ1v) is 4.99. The minimum atomic E-state index is -0.874. The largest absolute Gasteiger partial charge is 0.490 e. The first kappa shape index (κ1) is 12.7. The Hall–Kier alpha value is -2.71. The molecule has 2 rings (SSSR count). The Labute approximate surface area is 104 Å². The number of carbonyl (C=O) groups excluding carboxylic acids is 1. The van der Waals surface area contributed by atoms with Crippen molar-refractivity contribution in [3.63, 3.8) is 0 Å². The van der Waals surface area contributed by atoms with Crippen LogP contribution >= 0.6 is 0 Å². The van der Waals surface area contributed by atoms with Gasteiger partial charge in [0, 0.05) is 5.10 Å². The van der Waals surface area contributed by atoms with E-state index in [-0.39, 0.29) is 0 Å². The molecule has 0 aliphatic carbocycles. The van der Waals surface area contributed by atoms with E-state index in [1.54, 1.807) is 0 Å². The second kappa shape index (κ2) is 4.88. The lowest BCUT2D eigenvalue weighted by atomic mass is 10.1. The fourth-order valence-electron chi connectivity index (χ4n) is 1.39. The Morgan fingerprint density at radius 2 is 2.16 bits per heavy atom. The predicted octanol–water partition coefficient (Wildman–Crippen LogP) is 1.35. The van der Waals surface area contributed by atoms with Crippen LogP contribution in [0.5, 0.6) is 0 Å². The number of rotatable bonds is 4. The number of ketones is 1. The number of nitrogens with zero attached hydrogens (tertiary/aromatic N) is 4. The van der Waals surface area contributed by atoms with E-state index in [4.69, 9.17) is 0 Å². The predicted molar refractivity (Wildman–Crippen MR) is 57.4 cm³/mol. The number of nitro groups is 1. The molecule has 0 spiro atoms. The lowest BCUT2D eigenvalue weighted by Gasteiger charge is -2.00. The zero-order valence-electron chi connectivity index (χ0n) is 9.29. The van der Waals surface area contributed by atoms with Crippen LogP contribution in [0.1, 0.15) is 10.4 Å². The van der Waals surface area contributed by atoms with Crippen LogP contribution < -0.4 is 0 Å². The van der Waals surface area contributed by atoms with Crippen molar-refractivity contribution in [1.29, 1.82) is 0 Å². The highest BCUT2D eigenvalue weighted by Crippen LogP contribution is 2.11. The van der Waals surface area contributed by atoms with Gasteiger partial charge in [0.25, 0.3) is 0 Å². The van der Waals surface area contributed by atoms with Crippen LogP contribution in [-0.2, 0) is 6.54 Å². The highest BCUT2D eigenvalue weighted by atomic mass is 19.1. The molecule has 0 N–H and O–H groups in total. The Morgan fingerprint density at radius 3 is 2.79 bits per heavy atom. The number of hydrogen-bond donors (Lipinski definition) is 0. The summed E-state index contributed by atoms with van der Waals surface area (Å²) in [4.78, 5) is 24.5. The van der Waals surface area contributed by atoms with E-state index in [1.165, 1.54) is 0 Å². The maximum absolute atomic E-state index is 13.3. The summed E-state index contributed by atoms with van der Waals surface area (Å²) >= 11 is 0.